The average Bonchev–Trinajstić information content (AvgIpc) is 2.38. The number of hydrogen-bond acceptors (Lipinski definition) is 1. The number of hydrogen-bond donors (Lipinski definition) is 1. The summed E-state index contributed by atoms with van der Waals surface area (Å²) in [4.78, 5) is 0. The first-order valence-corrected chi connectivity index (χ1v) is 6.59. The summed E-state index contributed by atoms with van der Waals surface area (Å²) in [6.07, 6.45) is 8.81. The Morgan fingerprint density at radius 1 is 1.06 bits per heavy atom. The molecular weight excluding hydrogens is 196 g/mol. The Morgan fingerprint density at radius 2 is 1.75 bits per heavy atom. The van der Waals surface area contributed by atoms with Crippen LogP contribution in [0.5, 0.6) is 0 Å². The molecule has 1 aromatic rings. The molecular formula is C15H22O. The number of aliphatic hydroxyl groups is 1. The molecule has 0 radical (unpaired) electrons. The highest BCUT2D eigenvalue weighted by atomic mass is 16.3. The lowest BCUT2D eigenvalue weighted by Gasteiger charge is -2.22. The van der Waals surface area contributed by atoms with Gasteiger partial charge >= 0.3 is 0 Å². The van der Waals surface area contributed by atoms with Gasteiger partial charge in [0.15, 0.2) is 0 Å². The first-order valence-electron chi connectivity index (χ1n) is 6.59. The maximum absolute atomic E-state index is 10.1. The Balaban J connectivity index is 1.77. The summed E-state index contributed by atoms with van der Waals surface area (Å²) in [5.74, 6) is 0.868. The molecule has 88 valence electrons. The molecule has 2 rings (SSSR count). The van der Waals surface area contributed by atoms with E-state index < -0.39 is 0 Å². The van der Waals surface area contributed by atoms with Crippen LogP contribution in [0, 0.1) is 5.92 Å². The molecule has 1 aliphatic rings. The van der Waals surface area contributed by atoms with Crippen molar-refractivity contribution in [2.75, 3.05) is 0 Å². The van der Waals surface area contributed by atoms with Gasteiger partial charge in [-0.05, 0) is 24.3 Å². The van der Waals surface area contributed by atoms with Crippen LogP contribution in [0.3, 0.4) is 0 Å². The summed E-state index contributed by atoms with van der Waals surface area (Å²) in [5.41, 5.74) is 1.07. The minimum absolute atomic E-state index is 0.261. The van der Waals surface area contributed by atoms with Crippen LogP contribution in [0.15, 0.2) is 30.3 Å². The minimum atomic E-state index is -0.261. The van der Waals surface area contributed by atoms with Crippen LogP contribution in [0.25, 0.3) is 0 Å². The summed E-state index contributed by atoms with van der Waals surface area (Å²) in [6.45, 7) is 0. The van der Waals surface area contributed by atoms with Gasteiger partial charge in [0.2, 0.25) is 0 Å². The Morgan fingerprint density at radius 3 is 2.44 bits per heavy atom. The third kappa shape index (κ3) is 3.34. The Kier molecular flexibility index (Phi) is 4.41. The second-order valence-electron chi connectivity index (χ2n) is 5.01. The van der Waals surface area contributed by atoms with Crippen molar-refractivity contribution in [3.8, 4) is 0 Å². The van der Waals surface area contributed by atoms with E-state index in [-0.39, 0.29) is 6.10 Å². The molecule has 1 fully saturated rings. The molecule has 16 heavy (non-hydrogen) atoms. The van der Waals surface area contributed by atoms with Gasteiger partial charge in [-0.15, -0.1) is 0 Å². The lowest BCUT2D eigenvalue weighted by molar-refractivity contribution is 0.151. The molecule has 1 heteroatoms. The topological polar surface area (TPSA) is 20.2 Å². The van der Waals surface area contributed by atoms with Gasteiger partial charge in [-0.25, -0.2) is 0 Å². The summed E-state index contributed by atoms with van der Waals surface area (Å²) < 4.78 is 0. The van der Waals surface area contributed by atoms with Crippen molar-refractivity contribution in [2.45, 2.75) is 51.0 Å². The number of benzene rings is 1. The molecule has 1 atom stereocenters. The molecule has 1 aromatic carbocycles. The van der Waals surface area contributed by atoms with Gasteiger partial charge in [-0.3, -0.25) is 0 Å². The molecule has 1 N–H and O–H groups in total. The largest absolute Gasteiger partial charge is 0.388 e. The molecule has 1 aliphatic carbocycles. The summed E-state index contributed by atoms with van der Waals surface area (Å²) >= 11 is 0. The number of rotatable bonds is 4. The summed E-state index contributed by atoms with van der Waals surface area (Å²) in [6, 6.07) is 10.0. The van der Waals surface area contributed by atoms with E-state index in [1.807, 2.05) is 30.3 Å². The van der Waals surface area contributed by atoms with Crippen molar-refractivity contribution in [1.29, 1.82) is 0 Å². The fraction of sp³-hybridized carbons (Fsp3) is 0.600. The fourth-order valence-electron chi connectivity index (χ4n) is 2.71. The SMILES string of the molecule is OC(CCC1CCCCC1)c1ccccc1. The molecule has 0 spiro atoms. The van der Waals surface area contributed by atoms with Gasteiger partial charge in [0.05, 0.1) is 6.10 Å². The van der Waals surface area contributed by atoms with Crippen LogP contribution in [-0.4, -0.2) is 5.11 Å². The lowest BCUT2D eigenvalue weighted by atomic mass is 9.85. The molecule has 1 unspecified atom stereocenters. The van der Waals surface area contributed by atoms with E-state index in [0.29, 0.717) is 0 Å². The van der Waals surface area contributed by atoms with E-state index in [9.17, 15) is 5.11 Å². The van der Waals surface area contributed by atoms with E-state index in [4.69, 9.17) is 0 Å². The van der Waals surface area contributed by atoms with E-state index in [2.05, 4.69) is 0 Å². The zero-order chi connectivity index (χ0) is 11.2. The molecule has 0 bridgehead atoms. The standard InChI is InChI=1S/C15H22O/c16-15(14-9-5-2-6-10-14)12-11-13-7-3-1-4-8-13/h2,5-6,9-10,13,15-16H,1,3-4,7-8,11-12H2. The molecule has 1 nitrogen and oxygen atoms in total. The molecule has 1 saturated carbocycles. The second kappa shape index (κ2) is 6.05. The van der Waals surface area contributed by atoms with E-state index >= 15 is 0 Å². The van der Waals surface area contributed by atoms with Crippen LogP contribution >= 0.6 is 0 Å². The van der Waals surface area contributed by atoms with Crippen LogP contribution in [0.4, 0.5) is 0 Å². The predicted octanol–water partition coefficient (Wildman–Crippen LogP) is 4.08. The second-order valence-corrected chi connectivity index (χ2v) is 5.01. The predicted molar refractivity (Wildman–Crippen MR) is 67.2 cm³/mol. The third-order valence-electron chi connectivity index (χ3n) is 3.76. The smallest absolute Gasteiger partial charge is 0.0790 e. The van der Waals surface area contributed by atoms with E-state index in [0.717, 1.165) is 17.9 Å². The molecule has 0 aliphatic heterocycles. The first-order chi connectivity index (χ1) is 7.86. The van der Waals surface area contributed by atoms with Crippen molar-refractivity contribution in [3.63, 3.8) is 0 Å². The van der Waals surface area contributed by atoms with E-state index in [1.54, 1.807) is 0 Å². The minimum Gasteiger partial charge on any atom is -0.388 e. The van der Waals surface area contributed by atoms with Crippen LogP contribution in [0.2, 0.25) is 0 Å². The Labute approximate surface area is 98.5 Å². The van der Waals surface area contributed by atoms with E-state index in [1.165, 1.54) is 38.5 Å². The van der Waals surface area contributed by atoms with Crippen molar-refractivity contribution in [3.05, 3.63) is 35.9 Å². The Bertz CT molecular complexity index is 288. The normalized spacial score (nSPS) is 19.6. The maximum atomic E-state index is 10.1. The monoisotopic (exact) mass is 218 g/mol. The van der Waals surface area contributed by atoms with Crippen molar-refractivity contribution >= 4 is 0 Å². The highest BCUT2D eigenvalue weighted by Crippen LogP contribution is 2.30. The zero-order valence-corrected chi connectivity index (χ0v) is 9.94. The zero-order valence-electron chi connectivity index (χ0n) is 9.94. The summed E-state index contributed by atoms with van der Waals surface area (Å²) in [7, 11) is 0. The third-order valence-corrected chi connectivity index (χ3v) is 3.76. The fourth-order valence-corrected chi connectivity index (χ4v) is 2.71. The van der Waals surface area contributed by atoms with Crippen LogP contribution in [-0.2, 0) is 0 Å². The van der Waals surface area contributed by atoms with Crippen molar-refractivity contribution in [1.82, 2.24) is 0 Å². The summed E-state index contributed by atoms with van der Waals surface area (Å²) in [5, 5.41) is 10.1. The van der Waals surface area contributed by atoms with Gasteiger partial charge in [-0.2, -0.15) is 0 Å². The first kappa shape index (κ1) is 11.7. The highest BCUT2D eigenvalue weighted by Gasteiger charge is 2.15. The van der Waals surface area contributed by atoms with Gasteiger partial charge in [0, 0.05) is 0 Å². The van der Waals surface area contributed by atoms with Gasteiger partial charge in [0.1, 0.15) is 0 Å². The highest BCUT2D eigenvalue weighted by molar-refractivity contribution is 5.17. The number of aliphatic hydroxyl groups excluding tert-OH is 1. The molecule has 0 aromatic heterocycles. The molecule has 0 amide bonds. The van der Waals surface area contributed by atoms with Crippen molar-refractivity contribution < 1.29 is 5.11 Å². The maximum Gasteiger partial charge on any atom is 0.0790 e. The molecule has 0 heterocycles. The van der Waals surface area contributed by atoms with Gasteiger partial charge in [-0.1, -0.05) is 62.4 Å². The molecule has 0 saturated heterocycles. The van der Waals surface area contributed by atoms with Crippen molar-refractivity contribution in [2.24, 2.45) is 5.92 Å². The average molecular weight is 218 g/mol. The van der Waals surface area contributed by atoms with Crippen LogP contribution < -0.4 is 0 Å². The Hall–Kier alpha value is -0.820. The lowest BCUT2D eigenvalue weighted by Crippen LogP contribution is -2.08. The quantitative estimate of drug-likeness (QED) is 0.807. The van der Waals surface area contributed by atoms with Gasteiger partial charge in [0.25, 0.3) is 0 Å². The van der Waals surface area contributed by atoms with Gasteiger partial charge < -0.3 is 5.11 Å². The van der Waals surface area contributed by atoms with Crippen LogP contribution in [0.1, 0.15) is 56.6 Å².